The molecular formula is C34H37FN4O3. The average Bonchev–Trinajstić information content (AvgIpc) is 3.26. The Labute approximate surface area is 245 Å². The van der Waals surface area contributed by atoms with E-state index in [1.807, 2.05) is 28.8 Å². The fourth-order valence-electron chi connectivity index (χ4n) is 6.83. The molecule has 0 amide bonds. The Morgan fingerprint density at radius 3 is 2.64 bits per heavy atom. The van der Waals surface area contributed by atoms with Crippen LogP contribution in [0.5, 0.6) is 5.75 Å². The van der Waals surface area contributed by atoms with Gasteiger partial charge in [0.1, 0.15) is 18.2 Å². The summed E-state index contributed by atoms with van der Waals surface area (Å²) in [4.78, 5) is 21.4. The molecule has 3 aromatic carbocycles. The van der Waals surface area contributed by atoms with Gasteiger partial charge in [-0.2, -0.15) is 0 Å². The number of imidazole rings is 1. The van der Waals surface area contributed by atoms with Gasteiger partial charge in [0.25, 0.3) is 0 Å². The van der Waals surface area contributed by atoms with Crippen LogP contribution in [0, 0.1) is 5.82 Å². The molecular weight excluding hydrogens is 531 g/mol. The fraction of sp³-hybridized carbons (Fsp3) is 0.382. The predicted molar refractivity (Wildman–Crippen MR) is 163 cm³/mol. The van der Waals surface area contributed by atoms with Crippen LogP contribution in [0.4, 0.5) is 4.39 Å². The third kappa shape index (κ3) is 5.30. The van der Waals surface area contributed by atoms with Crippen LogP contribution >= 0.6 is 0 Å². The van der Waals surface area contributed by atoms with E-state index in [4.69, 9.17) is 9.47 Å². The number of fused-ring (bicyclic) bond motifs is 3. The van der Waals surface area contributed by atoms with E-state index < -0.39 is 0 Å². The van der Waals surface area contributed by atoms with Crippen molar-refractivity contribution in [1.82, 2.24) is 19.4 Å². The molecule has 1 atom stereocenters. The van der Waals surface area contributed by atoms with Gasteiger partial charge in [-0.25, -0.2) is 9.18 Å². The van der Waals surface area contributed by atoms with Crippen LogP contribution in [0.3, 0.4) is 0 Å². The molecule has 0 bridgehead atoms. The highest BCUT2D eigenvalue weighted by Crippen LogP contribution is 2.38. The van der Waals surface area contributed by atoms with Gasteiger partial charge in [-0.3, -0.25) is 14.4 Å². The Morgan fingerprint density at radius 2 is 1.81 bits per heavy atom. The van der Waals surface area contributed by atoms with Gasteiger partial charge in [0.15, 0.2) is 0 Å². The zero-order valence-electron chi connectivity index (χ0n) is 24.0. The highest BCUT2D eigenvalue weighted by molar-refractivity contribution is 5.95. The van der Waals surface area contributed by atoms with Crippen LogP contribution in [0.15, 0.2) is 65.5 Å². The normalized spacial score (nSPS) is 20.2. The zero-order chi connectivity index (χ0) is 28.6. The Morgan fingerprint density at radius 1 is 1.00 bits per heavy atom. The molecule has 7 rings (SSSR count). The maximum atomic E-state index is 14.1. The van der Waals surface area contributed by atoms with Crippen LogP contribution in [-0.2, 0) is 11.3 Å². The first-order valence-electron chi connectivity index (χ1n) is 15.0. The number of ether oxygens (including phenoxy) is 2. The summed E-state index contributed by atoms with van der Waals surface area (Å²) in [6, 6.07) is 19.6. The second kappa shape index (κ2) is 11.5. The number of morpholine rings is 1. The molecule has 7 nitrogen and oxygen atoms in total. The van der Waals surface area contributed by atoms with Crippen LogP contribution in [0.2, 0.25) is 0 Å². The number of hydrogen-bond acceptors (Lipinski definition) is 5. The molecule has 2 saturated heterocycles. The molecule has 0 saturated carbocycles. The molecule has 3 aliphatic heterocycles. The lowest BCUT2D eigenvalue weighted by Gasteiger charge is -2.39. The van der Waals surface area contributed by atoms with Crippen molar-refractivity contribution in [3.8, 4) is 5.75 Å². The first-order chi connectivity index (χ1) is 20.5. The van der Waals surface area contributed by atoms with Crippen molar-refractivity contribution in [1.29, 1.82) is 0 Å². The molecule has 0 aliphatic carbocycles. The average molecular weight is 569 g/mol. The molecule has 1 N–H and O–H groups in total. The molecule has 0 unspecified atom stereocenters. The van der Waals surface area contributed by atoms with Crippen LogP contribution in [0.1, 0.15) is 48.1 Å². The van der Waals surface area contributed by atoms with Crippen LogP contribution < -0.4 is 10.4 Å². The number of rotatable bonds is 5. The first kappa shape index (κ1) is 27.1. The summed E-state index contributed by atoms with van der Waals surface area (Å²) in [5.74, 6) is 0.209. The molecule has 4 aromatic rings. The smallest absolute Gasteiger partial charge is 0.326 e. The van der Waals surface area contributed by atoms with E-state index in [2.05, 4.69) is 46.0 Å². The fourth-order valence-corrected chi connectivity index (χ4v) is 6.83. The highest BCUT2D eigenvalue weighted by atomic mass is 19.1. The number of likely N-dealkylation sites (tertiary alicyclic amines) is 1. The van der Waals surface area contributed by atoms with E-state index in [0.29, 0.717) is 18.4 Å². The van der Waals surface area contributed by atoms with E-state index in [1.165, 1.54) is 12.1 Å². The van der Waals surface area contributed by atoms with Gasteiger partial charge >= 0.3 is 5.69 Å². The zero-order valence-corrected chi connectivity index (χ0v) is 24.0. The van der Waals surface area contributed by atoms with Crippen molar-refractivity contribution >= 4 is 22.7 Å². The number of benzene rings is 3. The Kier molecular flexibility index (Phi) is 7.44. The lowest BCUT2D eigenvalue weighted by atomic mass is 9.92. The number of halogens is 1. The van der Waals surface area contributed by atoms with Gasteiger partial charge in [0, 0.05) is 56.4 Å². The molecule has 1 aromatic heterocycles. The minimum Gasteiger partial charge on any atom is -0.488 e. The number of nitrogens with one attached hydrogen (secondary N) is 1. The quantitative estimate of drug-likeness (QED) is 0.354. The monoisotopic (exact) mass is 568 g/mol. The lowest BCUT2D eigenvalue weighted by Crippen LogP contribution is -2.48. The Balaban J connectivity index is 1.14. The van der Waals surface area contributed by atoms with E-state index in [1.54, 1.807) is 6.07 Å². The molecule has 0 radical (unpaired) electrons. The van der Waals surface area contributed by atoms with E-state index >= 15 is 0 Å². The van der Waals surface area contributed by atoms with Gasteiger partial charge in [0.2, 0.25) is 0 Å². The summed E-state index contributed by atoms with van der Waals surface area (Å²) in [5.41, 5.74) is 6.60. The highest BCUT2D eigenvalue weighted by Gasteiger charge is 2.27. The summed E-state index contributed by atoms with van der Waals surface area (Å²) < 4.78 is 27.5. The Bertz CT molecular complexity index is 1680. The summed E-state index contributed by atoms with van der Waals surface area (Å²) in [5, 5.41) is 0. The molecule has 42 heavy (non-hydrogen) atoms. The summed E-state index contributed by atoms with van der Waals surface area (Å²) >= 11 is 0. The Hall–Kier alpha value is -3.72. The number of H-pyrrole nitrogens is 1. The number of aromatic amines is 1. The largest absolute Gasteiger partial charge is 0.488 e. The number of hydrogen-bond donors (Lipinski definition) is 1. The number of aromatic nitrogens is 2. The van der Waals surface area contributed by atoms with Gasteiger partial charge in [-0.15, -0.1) is 0 Å². The van der Waals surface area contributed by atoms with Crippen molar-refractivity contribution in [3.05, 3.63) is 99.2 Å². The van der Waals surface area contributed by atoms with Crippen molar-refractivity contribution in [2.24, 2.45) is 0 Å². The third-order valence-electron chi connectivity index (χ3n) is 9.09. The van der Waals surface area contributed by atoms with Crippen molar-refractivity contribution in [2.75, 3.05) is 45.9 Å². The molecule has 218 valence electrons. The summed E-state index contributed by atoms with van der Waals surface area (Å²) in [6.45, 7) is 9.40. The van der Waals surface area contributed by atoms with Gasteiger partial charge in [-0.05, 0) is 72.4 Å². The molecule has 0 spiro atoms. The van der Waals surface area contributed by atoms with Crippen molar-refractivity contribution < 1.29 is 13.9 Å². The SMILES string of the molecule is C[C@H](CN1CCOCC1)N1CCC(n2c(=O)[nH]c3cc(/C=C4\c5ccccc5COc5cc(F)ccc54)ccc32)CC1. The second-order valence-corrected chi connectivity index (χ2v) is 11.8. The standard InChI is InChI=1S/C34H37FN4O3/c1-23(21-37-14-16-41-17-15-37)38-12-10-27(11-13-38)39-32-9-6-24(19-31(32)36-34(39)40)18-30-28-5-3-2-4-25(28)22-42-33-20-26(35)7-8-29(30)33/h2-9,18-20,23,27H,10-17,21-22H2,1H3,(H,36,40)/b30-18+/t23-/m1/s1. The van der Waals surface area contributed by atoms with Crippen molar-refractivity contribution in [2.45, 2.75) is 38.5 Å². The molecule has 3 aliphatic rings. The second-order valence-electron chi connectivity index (χ2n) is 11.8. The minimum absolute atomic E-state index is 0.0522. The maximum absolute atomic E-state index is 14.1. The van der Waals surface area contributed by atoms with Crippen LogP contribution in [-0.4, -0.2) is 71.3 Å². The summed E-state index contributed by atoms with van der Waals surface area (Å²) in [6.07, 6.45) is 4.01. The minimum atomic E-state index is -0.322. The maximum Gasteiger partial charge on any atom is 0.326 e. The third-order valence-corrected chi connectivity index (χ3v) is 9.09. The molecule has 4 heterocycles. The lowest BCUT2D eigenvalue weighted by molar-refractivity contribution is 0.0208. The van der Waals surface area contributed by atoms with E-state index in [0.717, 1.165) is 97.6 Å². The van der Waals surface area contributed by atoms with Gasteiger partial charge in [-0.1, -0.05) is 30.3 Å². The van der Waals surface area contributed by atoms with Crippen molar-refractivity contribution in [3.63, 3.8) is 0 Å². The van der Waals surface area contributed by atoms with E-state index in [-0.39, 0.29) is 17.5 Å². The molecule has 2 fully saturated rings. The van der Waals surface area contributed by atoms with Gasteiger partial charge in [0.05, 0.1) is 24.2 Å². The van der Waals surface area contributed by atoms with Crippen LogP contribution in [0.25, 0.3) is 22.7 Å². The van der Waals surface area contributed by atoms with Gasteiger partial charge < -0.3 is 14.5 Å². The first-order valence-corrected chi connectivity index (χ1v) is 15.0. The number of piperidine rings is 1. The molecule has 8 heteroatoms. The van der Waals surface area contributed by atoms with E-state index in [9.17, 15) is 9.18 Å². The summed E-state index contributed by atoms with van der Waals surface area (Å²) in [7, 11) is 0. The predicted octanol–water partition coefficient (Wildman–Crippen LogP) is 5.31. The number of nitrogens with zero attached hydrogens (tertiary/aromatic N) is 3. The topological polar surface area (TPSA) is 62.7 Å².